The maximum atomic E-state index is 12.6. The molecule has 1 heterocycles. The Morgan fingerprint density at radius 3 is 2.29 bits per heavy atom. The molecular weight excluding hydrogens is 468 g/mol. The minimum atomic E-state index is -0.106. The minimum Gasteiger partial charge on any atom is -0.378 e. The third kappa shape index (κ3) is 6.09. The van der Waals surface area contributed by atoms with E-state index in [0.29, 0.717) is 16.7 Å². The summed E-state index contributed by atoms with van der Waals surface area (Å²) in [6, 6.07) is 25.1. The Kier molecular flexibility index (Phi) is 7.72. The number of benzene rings is 3. The van der Waals surface area contributed by atoms with Crippen molar-refractivity contribution in [3.8, 4) is 5.69 Å². The fourth-order valence-electron chi connectivity index (χ4n) is 3.26. The molecule has 1 amide bonds. The molecule has 0 aliphatic rings. The van der Waals surface area contributed by atoms with E-state index < -0.39 is 0 Å². The molecule has 174 valence electrons. The van der Waals surface area contributed by atoms with Crippen LogP contribution >= 0.6 is 23.4 Å². The van der Waals surface area contributed by atoms with E-state index in [1.54, 1.807) is 0 Å². The van der Waals surface area contributed by atoms with Gasteiger partial charge in [0.1, 0.15) is 0 Å². The molecule has 0 spiro atoms. The first kappa shape index (κ1) is 23.7. The van der Waals surface area contributed by atoms with E-state index in [0.717, 1.165) is 28.6 Å². The van der Waals surface area contributed by atoms with Gasteiger partial charge in [0.25, 0.3) is 0 Å². The number of hydrogen-bond acceptors (Lipinski definition) is 6. The van der Waals surface area contributed by atoms with Gasteiger partial charge >= 0.3 is 0 Å². The zero-order valence-corrected chi connectivity index (χ0v) is 20.5. The standard InChI is InChI=1S/C25H25ClN6OS/c1-31(2)21-14-12-20(13-15-21)28-24(33)17-34-25-30-29-23(32(25)22-6-4-3-5-7-22)16-27-19-10-8-18(26)9-11-19/h3-15,27H,16-17H2,1-2H3,(H,28,33). The number of carbonyl (C=O) groups excluding carboxylic acids is 1. The molecule has 0 aliphatic heterocycles. The first-order valence-electron chi connectivity index (χ1n) is 10.7. The van der Waals surface area contributed by atoms with Gasteiger partial charge < -0.3 is 15.5 Å². The highest BCUT2D eigenvalue weighted by atomic mass is 35.5. The van der Waals surface area contributed by atoms with Gasteiger partial charge in [-0.2, -0.15) is 0 Å². The summed E-state index contributed by atoms with van der Waals surface area (Å²) in [5.74, 6) is 0.847. The summed E-state index contributed by atoms with van der Waals surface area (Å²) in [7, 11) is 3.96. The van der Waals surface area contributed by atoms with E-state index in [1.165, 1.54) is 11.8 Å². The summed E-state index contributed by atoms with van der Waals surface area (Å²) in [6.07, 6.45) is 0. The lowest BCUT2D eigenvalue weighted by Gasteiger charge is -2.13. The second kappa shape index (κ2) is 11.1. The molecule has 2 N–H and O–H groups in total. The smallest absolute Gasteiger partial charge is 0.234 e. The first-order chi connectivity index (χ1) is 16.5. The van der Waals surface area contributed by atoms with Crippen LogP contribution < -0.4 is 15.5 Å². The first-order valence-corrected chi connectivity index (χ1v) is 12.0. The second-order valence-corrected chi connectivity index (χ2v) is 9.09. The lowest BCUT2D eigenvalue weighted by atomic mass is 10.2. The SMILES string of the molecule is CN(C)c1ccc(NC(=O)CSc2nnc(CNc3ccc(Cl)cc3)n2-c2ccccc2)cc1. The van der Waals surface area contributed by atoms with E-state index in [-0.39, 0.29) is 11.7 Å². The molecule has 4 rings (SSSR count). The van der Waals surface area contributed by atoms with Gasteiger partial charge in [-0.25, -0.2) is 0 Å². The van der Waals surface area contributed by atoms with Crippen LogP contribution in [0.2, 0.25) is 5.02 Å². The van der Waals surface area contributed by atoms with Crippen molar-refractivity contribution in [2.24, 2.45) is 0 Å². The fraction of sp³-hybridized carbons (Fsp3) is 0.160. The Labute approximate surface area is 208 Å². The van der Waals surface area contributed by atoms with Crippen molar-refractivity contribution in [1.29, 1.82) is 0 Å². The van der Waals surface area contributed by atoms with Crippen molar-refractivity contribution in [2.45, 2.75) is 11.7 Å². The molecule has 3 aromatic carbocycles. The van der Waals surface area contributed by atoms with Gasteiger partial charge in [-0.3, -0.25) is 9.36 Å². The van der Waals surface area contributed by atoms with Crippen LogP contribution in [0.15, 0.2) is 84.0 Å². The van der Waals surface area contributed by atoms with Crippen LogP contribution in [0.3, 0.4) is 0 Å². The lowest BCUT2D eigenvalue weighted by molar-refractivity contribution is -0.113. The summed E-state index contributed by atoms with van der Waals surface area (Å²) < 4.78 is 1.97. The number of hydrogen-bond donors (Lipinski definition) is 2. The van der Waals surface area contributed by atoms with Crippen molar-refractivity contribution in [3.63, 3.8) is 0 Å². The van der Waals surface area contributed by atoms with E-state index in [1.807, 2.05) is 102 Å². The number of anilines is 3. The topological polar surface area (TPSA) is 75.1 Å². The van der Waals surface area contributed by atoms with Crippen molar-refractivity contribution in [2.75, 3.05) is 35.4 Å². The van der Waals surface area contributed by atoms with Crippen LogP contribution in [0.1, 0.15) is 5.82 Å². The molecule has 34 heavy (non-hydrogen) atoms. The quantitative estimate of drug-likeness (QED) is 0.308. The van der Waals surface area contributed by atoms with Gasteiger partial charge in [0.05, 0.1) is 12.3 Å². The number of nitrogens with zero attached hydrogens (tertiary/aromatic N) is 4. The molecular formula is C25H25ClN6OS. The van der Waals surface area contributed by atoms with Gasteiger partial charge in [0, 0.05) is 41.9 Å². The maximum Gasteiger partial charge on any atom is 0.234 e. The predicted molar refractivity (Wildman–Crippen MR) is 140 cm³/mol. The van der Waals surface area contributed by atoms with Crippen LogP contribution in [0.5, 0.6) is 0 Å². The fourth-order valence-corrected chi connectivity index (χ4v) is 4.16. The highest BCUT2D eigenvalue weighted by Gasteiger charge is 2.16. The van der Waals surface area contributed by atoms with Crippen molar-refractivity contribution >= 4 is 46.3 Å². The Balaban J connectivity index is 1.45. The molecule has 0 fully saturated rings. The van der Waals surface area contributed by atoms with Crippen LogP contribution in [-0.2, 0) is 11.3 Å². The average Bonchev–Trinajstić information content (AvgIpc) is 3.26. The molecule has 0 bridgehead atoms. The van der Waals surface area contributed by atoms with Crippen LogP contribution in [0.4, 0.5) is 17.1 Å². The minimum absolute atomic E-state index is 0.106. The highest BCUT2D eigenvalue weighted by Crippen LogP contribution is 2.24. The number of amides is 1. The van der Waals surface area contributed by atoms with Crippen molar-refractivity contribution in [1.82, 2.24) is 14.8 Å². The Morgan fingerprint density at radius 1 is 0.941 bits per heavy atom. The van der Waals surface area contributed by atoms with Crippen LogP contribution in [0, 0.1) is 0 Å². The van der Waals surface area contributed by atoms with Gasteiger partial charge in [-0.1, -0.05) is 41.6 Å². The molecule has 0 aliphatic carbocycles. The van der Waals surface area contributed by atoms with Gasteiger partial charge in [-0.05, 0) is 60.7 Å². The third-order valence-corrected chi connectivity index (χ3v) is 6.19. The van der Waals surface area contributed by atoms with Gasteiger partial charge in [0.2, 0.25) is 5.91 Å². The van der Waals surface area contributed by atoms with Crippen LogP contribution in [-0.4, -0.2) is 40.5 Å². The molecule has 0 radical (unpaired) electrons. The van der Waals surface area contributed by atoms with Crippen molar-refractivity contribution in [3.05, 3.63) is 89.7 Å². The van der Waals surface area contributed by atoms with Crippen LogP contribution in [0.25, 0.3) is 5.69 Å². The van der Waals surface area contributed by atoms with E-state index >= 15 is 0 Å². The highest BCUT2D eigenvalue weighted by molar-refractivity contribution is 7.99. The normalized spacial score (nSPS) is 10.7. The molecule has 4 aromatic rings. The summed E-state index contributed by atoms with van der Waals surface area (Å²) >= 11 is 7.32. The Morgan fingerprint density at radius 2 is 1.62 bits per heavy atom. The van der Waals surface area contributed by atoms with E-state index in [4.69, 9.17) is 11.6 Å². The number of thioether (sulfide) groups is 1. The largest absolute Gasteiger partial charge is 0.378 e. The number of halogens is 1. The summed E-state index contributed by atoms with van der Waals surface area (Å²) in [6.45, 7) is 0.467. The number of nitrogens with one attached hydrogen (secondary N) is 2. The maximum absolute atomic E-state index is 12.6. The number of rotatable bonds is 9. The number of carbonyl (C=O) groups is 1. The molecule has 0 saturated carbocycles. The van der Waals surface area contributed by atoms with Gasteiger partial charge in [0.15, 0.2) is 11.0 Å². The lowest BCUT2D eigenvalue weighted by Crippen LogP contribution is -2.15. The molecule has 0 atom stereocenters. The van der Waals surface area contributed by atoms with Gasteiger partial charge in [-0.15, -0.1) is 10.2 Å². The Bertz CT molecular complexity index is 1230. The number of para-hydroxylation sites is 1. The molecule has 0 saturated heterocycles. The zero-order valence-electron chi connectivity index (χ0n) is 18.9. The third-order valence-electron chi connectivity index (χ3n) is 5.01. The van der Waals surface area contributed by atoms with E-state index in [9.17, 15) is 4.79 Å². The summed E-state index contributed by atoms with van der Waals surface area (Å²) in [4.78, 5) is 14.6. The summed E-state index contributed by atoms with van der Waals surface area (Å²) in [5.41, 5.74) is 3.69. The molecule has 7 nitrogen and oxygen atoms in total. The molecule has 1 aromatic heterocycles. The second-order valence-electron chi connectivity index (χ2n) is 7.71. The number of aromatic nitrogens is 3. The molecule has 0 unspecified atom stereocenters. The average molecular weight is 493 g/mol. The zero-order chi connectivity index (χ0) is 23.9. The van der Waals surface area contributed by atoms with E-state index in [2.05, 4.69) is 20.8 Å². The van der Waals surface area contributed by atoms with Crippen molar-refractivity contribution < 1.29 is 4.79 Å². The monoisotopic (exact) mass is 492 g/mol. The molecule has 9 heteroatoms. The predicted octanol–water partition coefficient (Wildman–Crippen LogP) is 5.33. The Hall–Kier alpha value is -3.49. The summed E-state index contributed by atoms with van der Waals surface area (Å²) in [5, 5.41) is 16.4.